The summed E-state index contributed by atoms with van der Waals surface area (Å²) in [4.78, 5) is 2.76. The number of sulfonamides is 1. The molecule has 2 aliphatic rings. The second kappa shape index (κ2) is 5.64. The number of hydrogen-bond donors (Lipinski definition) is 0. The molecule has 1 aromatic rings. The fourth-order valence-corrected chi connectivity index (χ4v) is 4.71. The summed E-state index contributed by atoms with van der Waals surface area (Å²) in [7, 11) is -3.41. The predicted molar refractivity (Wildman–Crippen MR) is 79.4 cm³/mol. The molecule has 1 saturated heterocycles. The van der Waals surface area contributed by atoms with Crippen LogP contribution >= 0.6 is 11.6 Å². The van der Waals surface area contributed by atoms with E-state index in [1.54, 1.807) is 22.5 Å². The minimum Gasteiger partial charge on any atom is -0.298 e. The van der Waals surface area contributed by atoms with Crippen molar-refractivity contribution < 1.29 is 8.42 Å². The fourth-order valence-electron chi connectivity index (χ4n) is 2.75. The SMILES string of the molecule is O=S(=O)(c1ccccc1CCl)N1CCN(C2CC2)CC1. The molecule has 3 rings (SSSR count). The van der Waals surface area contributed by atoms with Gasteiger partial charge in [0.15, 0.2) is 0 Å². The van der Waals surface area contributed by atoms with E-state index in [0.29, 0.717) is 29.6 Å². The Labute approximate surface area is 125 Å². The highest BCUT2D eigenvalue weighted by Gasteiger charge is 2.35. The van der Waals surface area contributed by atoms with Gasteiger partial charge >= 0.3 is 0 Å². The van der Waals surface area contributed by atoms with Gasteiger partial charge < -0.3 is 0 Å². The third-order valence-corrected chi connectivity index (χ3v) is 6.36. The molecule has 1 aromatic carbocycles. The van der Waals surface area contributed by atoms with Gasteiger partial charge in [-0.3, -0.25) is 4.90 Å². The van der Waals surface area contributed by atoms with E-state index in [-0.39, 0.29) is 5.88 Å². The van der Waals surface area contributed by atoms with Crippen LogP contribution in [-0.4, -0.2) is 49.8 Å². The Hall–Kier alpha value is -0.620. The Morgan fingerprint density at radius 3 is 2.35 bits per heavy atom. The van der Waals surface area contributed by atoms with E-state index in [9.17, 15) is 8.42 Å². The second-order valence-corrected chi connectivity index (χ2v) is 7.59. The van der Waals surface area contributed by atoms with E-state index < -0.39 is 10.0 Å². The molecule has 6 heteroatoms. The van der Waals surface area contributed by atoms with E-state index >= 15 is 0 Å². The summed E-state index contributed by atoms with van der Waals surface area (Å²) < 4.78 is 27.0. The molecule has 1 saturated carbocycles. The van der Waals surface area contributed by atoms with E-state index in [2.05, 4.69) is 4.90 Å². The maximum Gasteiger partial charge on any atom is 0.243 e. The van der Waals surface area contributed by atoms with Gasteiger partial charge in [-0.05, 0) is 24.5 Å². The summed E-state index contributed by atoms with van der Waals surface area (Å²) >= 11 is 5.86. The highest BCUT2D eigenvalue weighted by molar-refractivity contribution is 7.89. The zero-order valence-corrected chi connectivity index (χ0v) is 12.9. The van der Waals surface area contributed by atoms with Crippen LogP contribution in [0.5, 0.6) is 0 Å². The van der Waals surface area contributed by atoms with Crippen molar-refractivity contribution in [3.8, 4) is 0 Å². The van der Waals surface area contributed by atoms with Crippen molar-refractivity contribution in [1.29, 1.82) is 0 Å². The molecule has 0 spiro atoms. The van der Waals surface area contributed by atoms with Crippen LogP contribution in [0.2, 0.25) is 0 Å². The zero-order chi connectivity index (χ0) is 14.2. The molecule has 1 heterocycles. The molecule has 1 aliphatic carbocycles. The van der Waals surface area contributed by atoms with Crippen LogP contribution in [0.15, 0.2) is 29.2 Å². The van der Waals surface area contributed by atoms with Crippen molar-refractivity contribution in [3.05, 3.63) is 29.8 Å². The van der Waals surface area contributed by atoms with E-state index in [1.807, 2.05) is 6.07 Å². The van der Waals surface area contributed by atoms with Gasteiger partial charge in [0.05, 0.1) is 4.90 Å². The number of nitrogens with zero attached hydrogens (tertiary/aromatic N) is 2. The monoisotopic (exact) mass is 314 g/mol. The van der Waals surface area contributed by atoms with Crippen LogP contribution in [0.1, 0.15) is 18.4 Å². The molecule has 0 atom stereocenters. The third kappa shape index (κ3) is 2.72. The van der Waals surface area contributed by atoms with Crippen molar-refractivity contribution >= 4 is 21.6 Å². The summed E-state index contributed by atoms with van der Waals surface area (Å²) in [5, 5.41) is 0. The first-order valence-electron chi connectivity index (χ1n) is 7.01. The van der Waals surface area contributed by atoms with Crippen LogP contribution in [0.3, 0.4) is 0 Å². The molecule has 2 fully saturated rings. The Kier molecular flexibility index (Phi) is 4.04. The van der Waals surface area contributed by atoms with Crippen molar-refractivity contribution in [2.75, 3.05) is 26.2 Å². The number of piperazine rings is 1. The van der Waals surface area contributed by atoms with Gasteiger partial charge in [-0.15, -0.1) is 11.6 Å². The van der Waals surface area contributed by atoms with Crippen LogP contribution in [0.25, 0.3) is 0 Å². The van der Waals surface area contributed by atoms with Crippen LogP contribution in [0.4, 0.5) is 0 Å². The molecule has 1 aliphatic heterocycles. The quantitative estimate of drug-likeness (QED) is 0.797. The molecule has 0 amide bonds. The maximum atomic E-state index is 12.7. The van der Waals surface area contributed by atoms with E-state index in [1.165, 1.54) is 12.8 Å². The Morgan fingerprint density at radius 2 is 1.75 bits per heavy atom. The highest BCUT2D eigenvalue weighted by Crippen LogP contribution is 2.29. The molecular weight excluding hydrogens is 296 g/mol. The lowest BCUT2D eigenvalue weighted by Crippen LogP contribution is -2.49. The van der Waals surface area contributed by atoms with E-state index in [0.717, 1.165) is 13.1 Å². The minimum absolute atomic E-state index is 0.220. The molecule has 0 aromatic heterocycles. The average molecular weight is 315 g/mol. The van der Waals surface area contributed by atoms with Crippen LogP contribution in [0, 0.1) is 0 Å². The van der Waals surface area contributed by atoms with E-state index in [4.69, 9.17) is 11.6 Å². The van der Waals surface area contributed by atoms with Gasteiger partial charge in [-0.2, -0.15) is 4.31 Å². The molecule has 0 bridgehead atoms. The lowest BCUT2D eigenvalue weighted by Gasteiger charge is -2.34. The van der Waals surface area contributed by atoms with Gasteiger partial charge in [0.2, 0.25) is 10.0 Å². The fraction of sp³-hybridized carbons (Fsp3) is 0.571. The first-order chi connectivity index (χ1) is 9.63. The second-order valence-electron chi connectivity index (χ2n) is 5.41. The number of alkyl halides is 1. The molecule has 110 valence electrons. The standard InChI is InChI=1S/C14H19ClN2O2S/c15-11-12-3-1-2-4-14(12)20(18,19)17-9-7-16(8-10-17)13-5-6-13/h1-4,13H,5-11H2. The molecule has 20 heavy (non-hydrogen) atoms. The van der Waals surface area contributed by atoms with Gasteiger partial charge in [-0.25, -0.2) is 8.42 Å². The van der Waals surface area contributed by atoms with Gasteiger partial charge in [-0.1, -0.05) is 18.2 Å². The highest BCUT2D eigenvalue weighted by atomic mass is 35.5. The molecule has 0 radical (unpaired) electrons. The molecule has 4 nitrogen and oxygen atoms in total. The smallest absolute Gasteiger partial charge is 0.243 e. The summed E-state index contributed by atoms with van der Waals surface area (Å²) in [5.74, 6) is 0.220. The summed E-state index contributed by atoms with van der Waals surface area (Å²) in [5.41, 5.74) is 0.679. The Balaban J connectivity index is 1.78. The first kappa shape index (κ1) is 14.3. The number of benzene rings is 1. The molecule has 0 unspecified atom stereocenters. The lowest BCUT2D eigenvalue weighted by atomic mass is 10.2. The van der Waals surface area contributed by atoms with Gasteiger partial charge in [0, 0.05) is 38.1 Å². The van der Waals surface area contributed by atoms with Crippen molar-refractivity contribution in [2.45, 2.75) is 29.7 Å². The average Bonchev–Trinajstić information content (AvgIpc) is 3.32. The normalized spacial score (nSPS) is 22.1. The predicted octanol–water partition coefficient (Wildman–Crippen LogP) is 1.89. The summed E-state index contributed by atoms with van der Waals surface area (Å²) in [6.07, 6.45) is 2.53. The number of hydrogen-bond acceptors (Lipinski definition) is 3. The largest absolute Gasteiger partial charge is 0.298 e. The Bertz CT molecular complexity index is 579. The maximum absolute atomic E-state index is 12.7. The molecular formula is C14H19ClN2O2S. The molecule has 0 N–H and O–H groups in total. The summed E-state index contributed by atoms with van der Waals surface area (Å²) in [6.45, 7) is 2.84. The zero-order valence-electron chi connectivity index (χ0n) is 11.3. The first-order valence-corrected chi connectivity index (χ1v) is 8.98. The topological polar surface area (TPSA) is 40.6 Å². The van der Waals surface area contributed by atoms with Crippen molar-refractivity contribution in [1.82, 2.24) is 9.21 Å². The number of halogens is 1. The summed E-state index contributed by atoms with van der Waals surface area (Å²) in [6, 6.07) is 7.71. The lowest BCUT2D eigenvalue weighted by molar-refractivity contribution is 0.180. The van der Waals surface area contributed by atoms with Crippen LogP contribution in [-0.2, 0) is 15.9 Å². The van der Waals surface area contributed by atoms with Crippen molar-refractivity contribution in [3.63, 3.8) is 0 Å². The van der Waals surface area contributed by atoms with Crippen LogP contribution < -0.4 is 0 Å². The van der Waals surface area contributed by atoms with Crippen molar-refractivity contribution in [2.24, 2.45) is 0 Å². The van der Waals surface area contributed by atoms with Gasteiger partial charge in [0.1, 0.15) is 0 Å². The van der Waals surface area contributed by atoms with Gasteiger partial charge in [0.25, 0.3) is 0 Å². The number of rotatable bonds is 4. The third-order valence-electron chi connectivity index (χ3n) is 4.07. The minimum atomic E-state index is -3.41. The Morgan fingerprint density at radius 1 is 1.10 bits per heavy atom.